The SMILES string of the molecule is CCn1ncc(C=NNC(=O)c2cc(-c3ccc(C)c(C)c3)nc3ccccc23)c1C. The minimum atomic E-state index is -0.277. The van der Waals surface area contributed by atoms with Crippen LogP contribution in [0, 0.1) is 20.8 Å². The number of rotatable bonds is 5. The van der Waals surface area contributed by atoms with E-state index in [0.717, 1.165) is 40.0 Å². The minimum absolute atomic E-state index is 0.277. The van der Waals surface area contributed by atoms with Gasteiger partial charge in [-0.25, -0.2) is 10.4 Å². The second-order valence-electron chi connectivity index (χ2n) is 7.57. The van der Waals surface area contributed by atoms with Gasteiger partial charge in [0.15, 0.2) is 0 Å². The Morgan fingerprint density at radius 1 is 1.10 bits per heavy atom. The highest BCUT2D eigenvalue weighted by molar-refractivity contribution is 6.07. The first-order chi connectivity index (χ1) is 15.0. The predicted octanol–water partition coefficient (Wildman–Crippen LogP) is 4.81. The second kappa shape index (κ2) is 8.52. The summed E-state index contributed by atoms with van der Waals surface area (Å²) in [5, 5.41) is 9.25. The molecular formula is C25H25N5O. The Morgan fingerprint density at radius 3 is 2.65 bits per heavy atom. The predicted molar refractivity (Wildman–Crippen MR) is 124 cm³/mol. The Hall–Kier alpha value is -3.80. The minimum Gasteiger partial charge on any atom is -0.269 e. The molecule has 31 heavy (non-hydrogen) atoms. The first-order valence-corrected chi connectivity index (χ1v) is 10.3. The van der Waals surface area contributed by atoms with Crippen LogP contribution in [0.3, 0.4) is 0 Å². The molecule has 0 atom stereocenters. The summed E-state index contributed by atoms with van der Waals surface area (Å²) >= 11 is 0. The molecule has 0 spiro atoms. The summed E-state index contributed by atoms with van der Waals surface area (Å²) in [5.41, 5.74) is 10.00. The van der Waals surface area contributed by atoms with E-state index in [1.165, 1.54) is 11.1 Å². The third-order valence-corrected chi connectivity index (χ3v) is 5.57. The molecule has 2 aromatic carbocycles. The van der Waals surface area contributed by atoms with Crippen molar-refractivity contribution in [1.82, 2.24) is 20.2 Å². The van der Waals surface area contributed by atoms with Crippen LogP contribution in [0.1, 0.15) is 39.7 Å². The summed E-state index contributed by atoms with van der Waals surface area (Å²) in [6.45, 7) is 8.95. The Morgan fingerprint density at radius 2 is 1.90 bits per heavy atom. The first kappa shape index (κ1) is 20.5. The normalized spacial score (nSPS) is 11.4. The average molecular weight is 412 g/mol. The molecule has 0 unspecified atom stereocenters. The number of aryl methyl sites for hydroxylation is 3. The molecule has 6 nitrogen and oxygen atoms in total. The van der Waals surface area contributed by atoms with Crippen molar-refractivity contribution >= 4 is 23.0 Å². The zero-order valence-electron chi connectivity index (χ0n) is 18.2. The van der Waals surface area contributed by atoms with E-state index in [2.05, 4.69) is 41.6 Å². The van der Waals surface area contributed by atoms with Crippen LogP contribution in [-0.2, 0) is 6.54 Å². The lowest BCUT2D eigenvalue weighted by Crippen LogP contribution is -2.18. The number of carbonyl (C=O) groups is 1. The maximum Gasteiger partial charge on any atom is 0.272 e. The van der Waals surface area contributed by atoms with Crippen LogP contribution in [0.4, 0.5) is 0 Å². The van der Waals surface area contributed by atoms with E-state index < -0.39 is 0 Å². The average Bonchev–Trinajstić information content (AvgIpc) is 3.14. The third kappa shape index (κ3) is 4.10. The smallest absolute Gasteiger partial charge is 0.269 e. The molecular weight excluding hydrogens is 386 g/mol. The molecule has 4 rings (SSSR count). The molecule has 156 valence electrons. The van der Waals surface area contributed by atoms with Crippen LogP contribution in [0.5, 0.6) is 0 Å². The number of aromatic nitrogens is 3. The third-order valence-electron chi connectivity index (χ3n) is 5.57. The van der Waals surface area contributed by atoms with Gasteiger partial charge in [0, 0.05) is 28.8 Å². The highest BCUT2D eigenvalue weighted by Crippen LogP contribution is 2.26. The number of benzene rings is 2. The highest BCUT2D eigenvalue weighted by Gasteiger charge is 2.14. The van der Waals surface area contributed by atoms with Crippen molar-refractivity contribution < 1.29 is 4.79 Å². The number of nitrogens with zero attached hydrogens (tertiary/aromatic N) is 4. The van der Waals surface area contributed by atoms with Gasteiger partial charge < -0.3 is 0 Å². The van der Waals surface area contributed by atoms with Gasteiger partial charge in [-0.2, -0.15) is 10.2 Å². The fraction of sp³-hybridized carbons (Fsp3) is 0.200. The van der Waals surface area contributed by atoms with E-state index >= 15 is 0 Å². The maximum atomic E-state index is 13.0. The first-order valence-electron chi connectivity index (χ1n) is 10.3. The van der Waals surface area contributed by atoms with E-state index in [-0.39, 0.29) is 5.91 Å². The molecule has 6 heteroatoms. The molecule has 0 bridgehead atoms. The van der Waals surface area contributed by atoms with E-state index in [1.807, 2.05) is 54.9 Å². The fourth-order valence-corrected chi connectivity index (χ4v) is 3.54. The molecule has 1 N–H and O–H groups in total. The topological polar surface area (TPSA) is 72.2 Å². The summed E-state index contributed by atoms with van der Waals surface area (Å²) in [4.78, 5) is 17.8. The Bertz CT molecular complexity index is 1300. The molecule has 4 aromatic rings. The lowest BCUT2D eigenvalue weighted by atomic mass is 10.0. The van der Waals surface area contributed by atoms with Gasteiger partial charge in [0.1, 0.15) is 0 Å². The zero-order valence-corrected chi connectivity index (χ0v) is 18.2. The van der Waals surface area contributed by atoms with Crippen molar-refractivity contribution in [3.8, 4) is 11.3 Å². The summed E-state index contributed by atoms with van der Waals surface area (Å²) in [6.07, 6.45) is 3.37. The molecule has 2 heterocycles. The van der Waals surface area contributed by atoms with Crippen molar-refractivity contribution in [2.75, 3.05) is 0 Å². The summed E-state index contributed by atoms with van der Waals surface area (Å²) in [6, 6.07) is 15.7. The zero-order chi connectivity index (χ0) is 22.0. The quantitative estimate of drug-likeness (QED) is 0.378. The molecule has 0 aliphatic heterocycles. The van der Waals surface area contributed by atoms with Crippen molar-refractivity contribution in [3.05, 3.63) is 82.7 Å². The summed E-state index contributed by atoms with van der Waals surface area (Å²) < 4.78 is 1.88. The highest BCUT2D eigenvalue weighted by atomic mass is 16.2. The number of para-hydroxylation sites is 1. The summed E-state index contributed by atoms with van der Waals surface area (Å²) in [7, 11) is 0. The molecule has 0 saturated carbocycles. The van der Waals surface area contributed by atoms with Gasteiger partial charge in [-0.05, 0) is 57.0 Å². The van der Waals surface area contributed by atoms with Crippen LogP contribution in [0.2, 0.25) is 0 Å². The molecule has 0 aliphatic rings. The number of hydrazone groups is 1. The van der Waals surface area contributed by atoms with Crippen LogP contribution < -0.4 is 5.43 Å². The van der Waals surface area contributed by atoms with Crippen LogP contribution in [0.25, 0.3) is 22.2 Å². The molecule has 0 fully saturated rings. The number of amides is 1. The second-order valence-corrected chi connectivity index (χ2v) is 7.57. The Kier molecular flexibility index (Phi) is 5.62. The van der Waals surface area contributed by atoms with Gasteiger partial charge in [-0.1, -0.05) is 30.3 Å². The molecule has 0 aliphatic carbocycles. The molecule has 0 saturated heterocycles. The number of carbonyl (C=O) groups excluding carboxylic acids is 1. The van der Waals surface area contributed by atoms with Crippen LogP contribution in [-0.4, -0.2) is 26.9 Å². The number of hydrogen-bond acceptors (Lipinski definition) is 4. The standard InChI is InChI=1S/C25H25N5O/c1-5-30-18(4)20(15-27-30)14-26-29-25(31)22-13-24(19-11-10-16(2)17(3)12-19)28-23-9-7-6-8-21(22)23/h6-15H,5H2,1-4H3,(H,29,31). The van der Waals surface area contributed by atoms with Gasteiger partial charge in [0.2, 0.25) is 0 Å². The van der Waals surface area contributed by atoms with Crippen molar-refractivity contribution in [1.29, 1.82) is 0 Å². The number of pyridine rings is 1. The monoisotopic (exact) mass is 411 g/mol. The Labute approximate surface area is 181 Å². The molecule has 0 radical (unpaired) electrons. The van der Waals surface area contributed by atoms with Crippen molar-refractivity contribution in [2.45, 2.75) is 34.2 Å². The summed E-state index contributed by atoms with van der Waals surface area (Å²) in [5.74, 6) is -0.277. The van der Waals surface area contributed by atoms with E-state index in [1.54, 1.807) is 12.4 Å². The lowest BCUT2D eigenvalue weighted by molar-refractivity contribution is 0.0956. The van der Waals surface area contributed by atoms with Crippen LogP contribution >= 0.6 is 0 Å². The largest absolute Gasteiger partial charge is 0.272 e. The van der Waals surface area contributed by atoms with Gasteiger partial charge in [-0.3, -0.25) is 9.48 Å². The number of hydrogen-bond donors (Lipinski definition) is 1. The van der Waals surface area contributed by atoms with E-state index in [4.69, 9.17) is 4.98 Å². The fourth-order valence-electron chi connectivity index (χ4n) is 3.54. The van der Waals surface area contributed by atoms with Gasteiger partial charge in [0.05, 0.1) is 29.2 Å². The maximum absolute atomic E-state index is 13.0. The number of nitrogens with one attached hydrogen (secondary N) is 1. The van der Waals surface area contributed by atoms with Crippen molar-refractivity contribution in [2.24, 2.45) is 5.10 Å². The van der Waals surface area contributed by atoms with E-state index in [0.29, 0.717) is 5.56 Å². The van der Waals surface area contributed by atoms with Gasteiger partial charge in [-0.15, -0.1) is 0 Å². The van der Waals surface area contributed by atoms with Crippen molar-refractivity contribution in [3.63, 3.8) is 0 Å². The lowest BCUT2D eigenvalue weighted by Gasteiger charge is -2.10. The van der Waals surface area contributed by atoms with Gasteiger partial charge in [0.25, 0.3) is 5.91 Å². The van der Waals surface area contributed by atoms with E-state index in [9.17, 15) is 4.79 Å². The van der Waals surface area contributed by atoms with Crippen LogP contribution in [0.15, 0.2) is 59.8 Å². The number of fused-ring (bicyclic) bond motifs is 1. The van der Waals surface area contributed by atoms with Gasteiger partial charge >= 0.3 is 0 Å². The Balaban J connectivity index is 1.68. The molecule has 1 amide bonds. The molecule has 2 aromatic heterocycles.